The van der Waals surface area contributed by atoms with Crippen LogP contribution in [0, 0.1) is 192 Å². The number of rotatable bonds is 17. The van der Waals surface area contributed by atoms with Crippen LogP contribution >= 0.6 is 0 Å². The van der Waals surface area contributed by atoms with Gasteiger partial charge >= 0.3 is 0 Å². The SMILES string of the molecule is Fc1cc(F)cc(-c2c(F)cc(-c3c(F)cc(-c4c(F)cc(-c5c(F)cc(-c6c(F)cc(-c7c(F)cc(-c8c(F)cc(-c9c(F)cc(-c%10c(F)cc(-c%11c(F)cc(-c%12c(F)cc(-c%13c(F)cc(-c%14c(F)cc(-c%15c(F)cc(-c%16c(F)cc(-c%17ccc(-c%18cc[c]cc%18)cc%17)cc%16F)cc%15F)cc%14F)cc%13F)cc%12F)cc%11F)cc%10F)cc9F)cc8F)cc7F)cc6F)cc5F)cc4F)cc3F)cc2F)c1. The first-order valence-electron chi connectivity index (χ1n) is 40.5. The van der Waals surface area contributed by atoms with Crippen LogP contribution in [0.15, 0.2) is 249 Å². The van der Waals surface area contributed by atoms with E-state index in [-0.39, 0.29) is 115 Å². The molecule has 18 rings (SSSR count). The molecule has 0 saturated carbocycles. The Morgan fingerprint density at radius 3 is 0.307 bits per heavy atom. The fraction of sp³-hybridized carbons (Fsp3) is 0. The van der Waals surface area contributed by atoms with Gasteiger partial charge in [0, 0.05) is 6.07 Å². The Hall–Kier alpha value is -16.3. The zero-order valence-electron chi connectivity index (χ0n) is 69.3. The first-order chi connectivity index (χ1) is 66.5. The molecule has 0 amide bonds. The Morgan fingerprint density at radius 2 is 0.186 bits per heavy atom. The van der Waals surface area contributed by atoms with Crippen LogP contribution < -0.4 is 0 Å². The van der Waals surface area contributed by atoms with Crippen LogP contribution in [0.3, 0.4) is 0 Å². The highest BCUT2D eigenvalue weighted by atomic mass is 19.2. The molecule has 0 aliphatic rings. The molecule has 0 aliphatic carbocycles. The fourth-order valence-electron chi connectivity index (χ4n) is 17.1. The van der Waals surface area contributed by atoms with E-state index in [0.717, 1.165) is 23.3 Å². The van der Waals surface area contributed by atoms with Gasteiger partial charge in [0.25, 0.3) is 0 Å². The van der Waals surface area contributed by atoms with Crippen molar-refractivity contribution >= 4 is 0 Å². The highest BCUT2D eigenvalue weighted by Gasteiger charge is 2.33. The zero-order valence-corrected chi connectivity index (χ0v) is 69.3. The van der Waals surface area contributed by atoms with Gasteiger partial charge < -0.3 is 0 Å². The van der Waals surface area contributed by atoms with Crippen LogP contribution in [-0.4, -0.2) is 0 Å². The Bertz CT molecular complexity index is 7740. The van der Waals surface area contributed by atoms with Crippen LogP contribution in [0.25, 0.3) is 189 Å². The van der Waals surface area contributed by atoms with Gasteiger partial charge in [-0.05, 0) is 306 Å². The van der Waals surface area contributed by atoms with Gasteiger partial charge in [0.2, 0.25) is 0 Å². The van der Waals surface area contributed by atoms with Gasteiger partial charge in [-0.3, -0.25) is 0 Å². The number of hydrogen-bond acceptors (Lipinski definition) is 0. The average molecular weight is 1950 g/mol. The number of hydrogen-bond donors (Lipinski definition) is 0. The maximum atomic E-state index is 16.1. The van der Waals surface area contributed by atoms with Crippen molar-refractivity contribution < 1.29 is 140 Å². The molecule has 1 radical (unpaired) electrons. The second-order valence-electron chi connectivity index (χ2n) is 31.7. The lowest BCUT2D eigenvalue weighted by molar-refractivity contribution is 0.572. The highest BCUT2D eigenvalue weighted by Crippen LogP contribution is 2.49. The van der Waals surface area contributed by atoms with Crippen molar-refractivity contribution in [1.29, 1.82) is 0 Å². The van der Waals surface area contributed by atoms with Crippen molar-refractivity contribution in [3.8, 4) is 189 Å². The van der Waals surface area contributed by atoms with Crippen LogP contribution in [-0.2, 0) is 0 Å². The molecule has 0 saturated heterocycles. The van der Waals surface area contributed by atoms with E-state index in [1.807, 2.05) is 0 Å². The maximum absolute atomic E-state index is 16.1. The van der Waals surface area contributed by atoms with Gasteiger partial charge in [-0.25, -0.2) is 140 Å². The minimum Gasteiger partial charge on any atom is -0.207 e. The summed E-state index contributed by atoms with van der Waals surface area (Å²) in [6.45, 7) is 0. The molecule has 18 aromatic carbocycles. The van der Waals surface area contributed by atoms with Gasteiger partial charge in [0.05, 0.1) is 83.5 Å². The molecule has 140 heavy (non-hydrogen) atoms. The highest BCUT2D eigenvalue weighted by molar-refractivity contribution is 5.86. The zero-order chi connectivity index (χ0) is 99.8. The van der Waals surface area contributed by atoms with E-state index in [4.69, 9.17) is 0 Å². The lowest BCUT2D eigenvalue weighted by Gasteiger charge is -2.15. The predicted molar refractivity (Wildman–Crippen MR) is 456 cm³/mol. The van der Waals surface area contributed by atoms with E-state index in [2.05, 4.69) is 6.07 Å². The minimum absolute atomic E-state index is 0.0592. The third-order valence-electron chi connectivity index (χ3n) is 23.1. The predicted octanol–water partition coefficient (Wildman–Crippen LogP) is 34.3. The Balaban J connectivity index is 0.541. The molecule has 32 heteroatoms. The summed E-state index contributed by atoms with van der Waals surface area (Å²) < 4.78 is 506. The molecule has 0 N–H and O–H groups in total. The monoisotopic (exact) mass is 1950 g/mol. The first kappa shape index (κ1) is 94.1. The molecular formula is C108H41F32. The molecule has 0 spiro atoms. The molecule has 18 aromatic rings. The van der Waals surface area contributed by atoms with Gasteiger partial charge in [0.15, 0.2) is 0 Å². The Labute approximate surface area is 767 Å². The largest absolute Gasteiger partial charge is 0.207 e. The Morgan fingerprint density at radius 1 is 0.0929 bits per heavy atom. The molecule has 697 valence electrons. The third-order valence-corrected chi connectivity index (χ3v) is 23.1. The standard InChI is InChI=1S/C108H41F32/c109-62-10-47(11-63(110)42-62)94-66(113)14-49(15-67(94)114)96-70(117)18-51(19-71(96)118)98-74(121)22-53(23-75(98)122)100-78(125)26-55(27-79(100)126)102-82(129)30-57(31-83(102)130)104-86(133)34-59(35-87(104)134)106-90(137)38-61(39-91(106)138)108-92(139)40-60(41-93(108)140)107-88(135)36-58(37-89(107)136)105-84(131)32-56(33-85(105)132)103-80(127)28-54(29-81(103)128)101-76(123)24-52(25-77(101)124)99-72(119)20-50(21-73(99)120)97-68(115)16-48(17-69(97)116)95-64(111)12-46(13-65(95)112)45-8-6-44(7-9-45)43-4-2-1-3-5-43/h2-42H. The summed E-state index contributed by atoms with van der Waals surface area (Å²) >= 11 is 0. The van der Waals surface area contributed by atoms with E-state index < -0.39 is 353 Å². The van der Waals surface area contributed by atoms with Crippen molar-refractivity contribution in [1.82, 2.24) is 0 Å². The van der Waals surface area contributed by atoms with Gasteiger partial charge in [-0.1, -0.05) is 48.5 Å². The van der Waals surface area contributed by atoms with Gasteiger partial charge in [0.1, 0.15) is 186 Å². The van der Waals surface area contributed by atoms with Crippen molar-refractivity contribution in [2.45, 2.75) is 0 Å². The van der Waals surface area contributed by atoms with Gasteiger partial charge in [-0.15, -0.1) is 0 Å². The first-order valence-corrected chi connectivity index (χ1v) is 40.5. The summed E-state index contributed by atoms with van der Waals surface area (Å²) in [7, 11) is 0. The fourth-order valence-corrected chi connectivity index (χ4v) is 17.1. The van der Waals surface area contributed by atoms with Crippen LogP contribution in [0.4, 0.5) is 140 Å². The topological polar surface area (TPSA) is 0 Å². The van der Waals surface area contributed by atoms with Crippen LogP contribution in [0.2, 0.25) is 0 Å². The summed E-state index contributed by atoms with van der Waals surface area (Å²) in [4.78, 5) is 0. The smallest absolute Gasteiger partial charge is 0.134 e. The van der Waals surface area contributed by atoms with E-state index in [0.29, 0.717) is 84.4 Å². The van der Waals surface area contributed by atoms with Crippen molar-refractivity contribution in [3.05, 3.63) is 441 Å². The molecule has 0 aliphatic heterocycles. The molecule has 0 nitrogen and oxygen atoms in total. The third kappa shape index (κ3) is 17.1. The average Bonchev–Trinajstić information content (AvgIpc) is 0.781. The minimum atomic E-state index is -1.81. The maximum Gasteiger partial charge on any atom is 0.134 e. The van der Waals surface area contributed by atoms with Crippen molar-refractivity contribution in [2.75, 3.05) is 0 Å². The summed E-state index contributed by atoms with van der Waals surface area (Å²) in [5.41, 5.74) is -29.9. The summed E-state index contributed by atoms with van der Waals surface area (Å²) in [5, 5.41) is 0. The quantitative estimate of drug-likeness (QED) is 0.0797. The van der Waals surface area contributed by atoms with E-state index in [1.54, 1.807) is 48.5 Å². The lowest BCUT2D eigenvalue weighted by atomic mass is 9.92. The summed E-state index contributed by atoms with van der Waals surface area (Å²) in [6.07, 6.45) is 0. The number of halogens is 32. The lowest BCUT2D eigenvalue weighted by Crippen LogP contribution is -2.01. The van der Waals surface area contributed by atoms with Crippen molar-refractivity contribution in [3.63, 3.8) is 0 Å². The Kier molecular flexibility index (Phi) is 24.4. The molecule has 0 bridgehead atoms. The van der Waals surface area contributed by atoms with E-state index in [9.17, 15) is 8.78 Å². The van der Waals surface area contributed by atoms with E-state index >= 15 is 132 Å². The van der Waals surface area contributed by atoms with Crippen LogP contribution in [0.5, 0.6) is 0 Å². The van der Waals surface area contributed by atoms with Crippen molar-refractivity contribution in [2.24, 2.45) is 0 Å². The molecular weight excluding hydrogens is 1910 g/mol. The van der Waals surface area contributed by atoms with E-state index in [1.165, 1.54) is 0 Å². The molecule has 0 unspecified atom stereocenters. The van der Waals surface area contributed by atoms with Gasteiger partial charge in [-0.2, -0.15) is 0 Å². The van der Waals surface area contributed by atoms with Crippen LogP contribution in [0.1, 0.15) is 0 Å². The normalized spacial score (nSPS) is 11.6. The molecule has 0 fully saturated rings. The molecule has 0 aromatic heterocycles. The number of benzene rings is 18. The summed E-state index contributed by atoms with van der Waals surface area (Å²) in [5.74, 6) is -53.5. The molecule has 0 atom stereocenters. The second-order valence-corrected chi connectivity index (χ2v) is 31.7. The second kappa shape index (κ2) is 36.3. The molecule has 0 heterocycles. The summed E-state index contributed by atoms with van der Waals surface area (Å²) in [6, 6.07) is 28.1.